The zero-order valence-corrected chi connectivity index (χ0v) is 17.6. The summed E-state index contributed by atoms with van der Waals surface area (Å²) in [6.07, 6.45) is 5.20. The summed E-state index contributed by atoms with van der Waals surface area (Å²) in [6, 6.07) is 9.65. The molecule has 3 heterocycles. The van der Waals surface area contributed by atoms with E-state index < -0.39 is 0 Å². The van der Waals surface area contributed by atoms with E-state index in [1.807, 2.05) is 30.3 Å². The van der Waals surface area contributed by atoms with E-state index in [1.165, 1.54) is 12.4 Å². The van der Waals surface area contributed by atoms with E-state index in [0.717, 1.165) is 49.5 Å². The third-order valence-corrected chi connectivity index (χ3v) is 5.35. The quantitative estimate of drug-likeness (QED) is 0.600. The largest absolute Gasteiger partial charge is 0.496 e. The van der Waals surface area contributed by atoms with Gasteiger partial charge in [-0.2, -0.15) is 10.4 Å². The number of rotatable bonds is 7. The third-order valence-electron chi connectivity index (χ3n) is 5.35. The molecule has 1 fully saturated rings. The Labute approximate surface area is 181 Å². The van der Waals surface area contributed by atoms with Crippen LogP contribution in [0.1, 0.15) is 25.5 Å². The lowest BCUT2D eigenvalue weighted by molar-refractivity contribution is 0.103. The fraction of sp³-hybridized carbons (Fsp3) is 0.364. The Balaban J connectivity index is 1.45. The Kier molecular flexibility index (Phi) is 6.29. The summed E-state index contributed by atoms with van der Waals surface area (Å²) in [6.45, 7) is 5.43. The molecule has 0 atom stereocenters. The highest BCUT2D eigenvalue weighted by molar-refractivity contribution is 5.71. The van der Waals surface area contributed by atoms with Gasteiger partial charge in [0.25, 0.3) is 0 Å². The molecule has 1 aromatic carbocycles. The van der Waals surface area contributed by atoms with Gasteiger partial charge >= 0.3 is 0 Å². The predicted molar refractivity (Wildman–Crippen MR) is 116 cm³/mol. The van der Waals surface area contributed by atoms with Gasteiger partial charge in [-0.1, -0.05) is 6.92 Å². The van der Waals surface area contributed by atoms with Crippen LogP contribution in [0.3, 0.4) is 0 Å². The van der Waals surface area contributed by atoms with Gasteiger partial charge in [-0.3, -0.25) is 5.10 Å². The number of nitrogens with zero attached hydrogens (tertiary/aromatic N) is 5. The van der Waals surface area contributed by atoms with Crippen LogP contribution >= 0.6 is 0 Å². The average molecular weight is 419 g/mol. The van der Waals surface area contributed by atoms with E-state index in [-0.39, 0.29) is 11.8 Å². The lowest BCUT2D eigenvalue weighted by atomic mass is 10.1. The maximum atomic E-state index is 8.82. The van der Waals surface area contributed by atoms with E-state index >= 15 is 0 Å². The predicted octanol–water partition coefficient (Wildman–Crippen LogP) is 3.35. The number of benzene rings is 1. The second kappa shape index (κ2) is 9.45. The number of aromatic nitrogens is 4. The van der Waals surface area contributed by atoms with Crippen LogP contribution in [0.25, 0.3) is 11.3 Å². The molecule has 0 radical (unpaired) electrons. The van der Waals surface area contributed by atoms with E-state index in [4.69, 9.17) is 14.7 Å². The molecule has 2 aromatic heterocycles. The zero-order chi connectivity index (χ0) is 21.6. The van der Waals surface area contributed by atoms with Crippen molar-refractivity contribution in [2.45, 2.75) is 25.9 Å². The highest BCUT2D eigenvalue weighted by Gasteiger charge is 2.20. The molecule has 0 bridgehead atoms. The summed E-state index contributed by atoms with van der Waals surface area (Å²) in [5, 5.41) is 19.2. The van der Waals surface area contributed by atoms with Crippen molar-refractivity contribution in [3.63, 3.8) is 0 Å². The van der Waals surface area contributed by atoms with Gasteiger partial charge in [-0.15, -0.1) is 0 Å². The number of ether oxygens (including phenoxy) is 2. The number of piperidine rings is 1. The Morgan fingerprint density at radius 2 is 2.03 bits per heavy atom. The maximum Gasteiger partial charge on any atom is 0.158 e. The Bertz CT molecular complexity index is 1050. The van der Waals surface area contributed by atoms with Gasteiger partial charge < -0.3 is 19.7 Å². The average Bonchev–Trinajstić information content (AvgIpc) is 3.28. The molecule has 160 valence electrons. The molecule has 0 spiro atoms. The number of anilines is 2. The molecule has 31 heavy (non-hydrogen) atoms. The molecule has 2 N–H and O–H groups in total. The number of aromatic amines is 1. The molecule has 1 saturated heterocycles. The van der Waals surface area contributed by atoms with Crippen LogP contribution in [0.2, 0.25) is 0 Å². The van der Waals surface area contributed by atoms with Crippen molar-refractivity contribution in [3.05, 3.63) is 42.4 Å². The van der Waals surface area contributed by atoms with E-state index in [2.05, 4.69) is 37.3 Å². The minimum absolute atomic E-state index is 0.231. The fourth-order valence-corrected chi connectivity index (χ4v) is 3.61. The lowest BCUT2D eigenvalue weighted by Gasteiger charge is -2.31. The van der Waals surface area contributed by atoms with Crippen molar-refractivity contribution in [2.24, 2.45) is 0 Å². The summed E-state index contributed by atoms with van der Waals surface area (Å²) in [4.78, 5) is 10.6. The van der Waals surface area contributed by atoms with Gasteiger partial charge in [-0.25, -0.2) is 9.97 Å². The second-order valence-electron chi connectivity index (χ2n) is 7.30. The van der Waals surface area contributed by atoms with E-state index in [0.29, 0.717) is 17.4 Å². The molecule has 0 amide bonds. The molecule has 1 aliphatic heterocycles. The second-order valence-corrected chi connectivity index (χ2v) is 7.30. The standard InChI is InChI=1S/C22H25N7O2/c1-3-29-8-6-16(7-9-29)31-17-4-5-18(20(10-17)30-2)19-11-21(28-27-19)26-22-14-24-15(12-23)13-25-22/h4-5,10-11,13-14,16H,3,6-9H2,1-2H3,(H2,25,26,27,28). The van der Waals surface area contributed by atoms with Gasteiger partial charge in [0.15, 0.2) is 11.5 Å². The monoisotopic (exact) mass is 419 g/mol. The van der Waals surface area contributed by atoms with E-state index in [9.17, 15) is 0 Å². The first-order valence-electron chi connectivity index (χ1n) is 10.3. The Morgan fingerprint density at radius 1 is 1.19 bits per heavy atom. The first-order valence-corrected chi connectivity index (χ1v) is 10.3. The highest BCUT2D eigenvalue weighted by atomic mass is 16.5. The molecule has 0 aliphatic carbocycles. The molecule has 9 heteroatoms. The SMILES string of the molecule is CCN1CCC(Oc2ccc(-c3cc(Nc4cnc(C#N)cn4)n[nH]3)c(OC)c2)CC1. The zero-order valence-electron chi connectivity index (χ0n) is 17.6. The van der Waals surface area contributed by atoms with Crippen LogP contribution in [-0.4, -0.2) is 57.9 Å². The van der Waals surface area contributed by atoms with Crippen LogP contribution < -0.4 is 14.8 Å². The Morgan fingerprint density at radius 3 is 2.71 bits per heavy atom. The van der Waals surface area contributed by atoms with Crippen LogP contribution in [-0.2, 0) is 0 Å². The van der Waals surface area contributed by atoms with Gasteiger partial charge in [0.1, 0.15) is 29.5 Å². The van der Waals surface area contributed by atoms with Crippen LogP contribution in [0.4, 0.5) is 11.6 Å². The van der Waals surface area contributed by atoms with Crippen molar-refractivity contribution in [3.8, 4) is 28.8 Å². The van der Waals surface area contributed by atoms with E-state index in [1.54, 1.807) is 7.11 Å². The van der Waals surface area contributed by atoms with Gasteiger partial charge in [0.05, 0.1) is 25.2 Å². The van der Waals surface area contributed by atoms with Crippen molar-refractivity contribution in [1.82, 2.24) is 25.1 Å². The smallest absolute Gasteiger partial charge is 0.158 e. The number of nitrogens with one attached hydrogen (secondary N) is 2. The number of methoxy groups -OCH3 is 1. The highest BCUT2D eigenvalue weighted by Crippen LogP contribution is 2.34. The van der Waals surface area contributed by atoms with Crippen LogP contribution in [0.5, 0.6) is 11.5 Å². The fourth-order valence-electron chi connectivity index (χ4n) is 3.61. The molecule has 4 rings (SSSR count). The molecular weight excluding hydrogens is 394 g/mol. The van der Waals surface area contributed by atoms with Gasteiger partial charge in [0, 0.05) is 30.8 Å². The summed E-state index contributed by atoms with van der Waals surface area (Å²) in [7, 11) is 1.64. The summed E-state index contributed by atoms with van der Waals surface area (Å²) < 4.78 is 11.8. The molecule has 0 unspecified atom stereocenters. The summed E-state index contributed by atoms with van der Waals surface area (Å²) in [5.41, 5.74) is 1.93. The minimum Gasteiger partial charge on any atom is -0.496 e. The van der Waals surface area contributed by atoms with Crippen LogP contribution in [0, 0.1) is 11.3 Å². The molecule has 3 aromatic rings. The first-order chi connectivity index (χ1) is 15.2. The normalized spacial score (nSPS) is 14.7. The number of hydrogen-bond acceptors (Lipinski definition) is 8. The third kappa shape index (κ3) is 4.92. The Hall–Kier alpha value is -3.64. The number of hydrogen-bond donors (Lipinski definition) is 2. The molecule has 9 nitrogen and oxygen atoms in total. The molecular formula is C22H25N7O2. The first kappa shape index (κ1) is 20.6. The number of likely N-dealkylation sites (tertiary alicyclic amines) is 1. The van der Waals surface area contributed by atoms with Crippen molar-refractivity contribution in [2.75, 3.05) is 32.1 Å². The number of nitriles is 1. The molecule has 1 aliphatic rings. The summed E-state index contributed by atoms with van der Waals surface area (Å²) in [5.74, 6) is 2.60. The number of H-pyrrole nitrogens is 1. The lowest BCUT2D eigenvalue weighted by Crippen LogP contribution is -2.37. The topological polar surface area (TPSA) is 112 Å². The van der Waals surface area contributed by atoms with Crippen LogP contribution in [0.15, 0.2) is 36.7 Å². The minimum atomic E-state index is 0.231. The summed E-state index contributed by atoms with van der Waals surface area (Å²) >= 11 is 0. The molecule has 0 saturated carbocycles. The van der Waals surface area contributed by atoms with Crippen molar-refractivity contribution >= 4 is 11.6 Å². The van der Waals surface area contributed by atoms with Crippen molar-refractivity contribution < 1.29 is 9.47 Å². The van der Waals surface area contributed by atoms with Gasteiger partial charge in [-0.05, 0) is 31.5 Å². The van der Waals surface area contributed by atoms with Crippen molar-refractivity contribution in [1.29, 1.82) is 5.26 Å². The maximum absolute atomic E-state index is 8.82. The van der Waals surface area contributed by atoms with Gasteiger partial charge in [0.2, 0.25) is 0 Å².